The van der Waals surface area contributed by atoms with Gasteiger partial charge in [-0.25, -0.2) is 0 Å². The summed E-state index contributed by atoms with van der Waals surface area (Å²) in [6, 6.07) is 0. The monoisotopic (exact) mass is 728 g/mol. The molecule has 0 aromatic carbocycles. The average molecular weight is 728 g/mol. The maximum atomic E-state index is 12.6. The average Bonchev–Trinajstić information content (AvgIpc) is 3.09. The minimum Gasteiger partial charge on any atom is -0.462 e. The molecular weight excluding hydrogens is 649 g/mol. The van der Waals surface area contributed by atoms with Crippen LogP contribution in [-0.4, -0.2) is 48.9 Å². The second kappa shape index (κ2) is 37.3. The third-order valence-electron chi connectivity index (χ3n) is 8.86. The Morgan fingerprint density at radius 1 is 0.600 bits per heavy atom. The van der Waals surface area contributed by atoms with Crippen LogP contribution >= 0.6 is 7.60 Å². The van der Waals surface area contributed by atoms with Crippen LogP contribution in [0.4, 0.5) is 0 Å². The summed E-state index contributed by atoms with van der Waals surface area (Å²) in [5.41, 5.74) is 5.41. The number of allylic oxidation sites excluding steroid dienone is 4. The molecule has 0 fully saturated rings. The quantitative estimate of drug-likeness (QED) is 0.0279. The van der Waals surface area contributed by atoms with E-state index in [0.717, 1.165) is 70.6 Å². The van der Waals surface area contributed by atoms with Gasteiger partial charge < -0.3 is 24.6 Å². The minimum atomic E-state index is -4.06. The van der Waals surface area contributed by atoms with Gasteiger partial charge in [-0.05, 0) is 64.2 Å². The van der Waals surface area contributed by atoms with E-state index in [9.17, 15) is 19.0 Å². The summed E-state index contributed by atoms with van der Waals surface area (Å²) in [4.78, 5) is 35.1. The summed E-state index contributed by atoms with van der Waals surface area (Å²) in [7, 11) is -4.06. The Labute approximate surface area is 307 Å². The lowest BCUT2D eigenvalue weighted by Crippen LogP contribution is -2.29. The van der Waals surface area contributed by atoms with Crippen LogP contribution in [0.3, 0.4) is 0 Å². The van der Waals surface area contributed by atoms with Crippen LogP contribution in [0.25, 0.3) is 0 Å². The molecule has 2 atom stereocenters. The predicted molar refractivity (Wildman–Crippen MR) is 209 cm³/mol. The van der Waals surface area contributed by atoms with Gasteiger partial charge in [0, 0.05) is 19.4 Å². The Hall–Kier alpha value is -1.47. The van der Waals surface area contributed by atoms with Crippen molar-refractivity contribution in [3.05, 3.63) is 24.3 Å². The lowest BCUT2D eigenvalue weighted by atomic mass is 10.1. The number of esters is 2. The van der Waals surface area contributed by atoms with Gasteiger partial charge in [-0.1, -0.05) is 141 Å². The van der Waals surface area contributed by atoms with E-state index in [1.54, 1.807) is 0 Å². The SMILES string of the molecule is CCCCCCCC/C=C\CCCCCCCC(=O)OCC(CP(=O)(O)OCCN)OC(=O)CCCCCCC/C=C\CCCCCCCC. The lowest BCUT2D eigenvalue weighted by molar-refractivity contribution is -0.158. The van der Waals surface area contributed by atoms with Crippen LogP contribution in [0, 0.1) is 0 Å². The lowest BCUT2D eigenvalue weighted by Gasteiger charge is -2.21. The molecule has 0 heterocycles. The minimum absolute atomic E-state index is 0.0847. The van der Waals surface area contributed by atoms with Gasteiger partial charge in [0.2, 0.25) is 0 Å². The number of carbonyl (C=O) groups excluding carboxylic acids is 2. The molecule has 294 valence electrons. The van der Waals surface area contributed by atoms with E-state index in [1.165, 1.54) is 89.9 Å². The number of carbonyl (C=O) groups is 2. The van der Waals surface area contributed by atoms with Crippen molar-refractivity contribution >= 4 is 19.5 Å². The largest absolute Gasteiger partial charge is 0.462 e. The maximum absolute atomic E-state index is 12.6. The highest BCUT2D eigenvalue weighted by atomic mass is 31.2. The predicted octanol–water partition coefficient (Wildman–Crippen LogP) is 11.7. The highest BCUT2D eigenvalue weighted by molar-refractivity contribution is 7.52. The number of hydrogen-bond donors (Lipinski definition) is 2. The molecule has 0 spiro atoms. The highest BCUT2D eigenvalue weighted by Crippen LogP contribution is 2.42. The van der Waals surface area contributed by atoms with Crippen LogP contribution in [0.5, 0.6) is 0 Å². The summed E-state index contributed by atoms with van der Waals surface area (Å²) in [5, 5.41) is 0. The normalized spacial score (nSPS) is 13.6. The van der Waals surface area contributed by atoms with Crippen molar-refractivity contribution in [2.45, 2.75) is 200 Å². The van der Waals surface area contributed by atoms with Crippen molar-refractivity contribution in [2.24, 2.45) is 5.73 Å². The van der Waals surface area contributed by atoms with Crippen molar-refractivity contribution in [2.75, 3.05) is 25.9 Å². The molecule has 0 aliphatic rings. The van der Waals surface area contributed by atoms with Gasteiger partial charge in [-0.3, -0.25) is 14.2 Å². The number of unbranched alkanes of at least 4 members (excludes halogenated alkanes) is 22. The highest BCUT2D eigenvalue weighted by Gasteiger charge is 2.29. The number of nitrogens with two attached hydrogens (primary N) is 1. The van der Waals surface area contributed by atoms with E-state index < -0.39 is 31.8 Å². The molecule has 0 aliphatic heterocycles. The first-order chi connectivity index (χ1) is 24.3. The molecule has 0 amide bonds. The fourth-order valence-corrected chi connectivity index (χ4v) is 7.00. The van der Waals surface area contributed by atoms with Crippen LogP contribution < -0.4 is 5.73 Å². The molecule has 0 saturated heterocycles. The molecule has 3 N–H and O–H groups in total. The van der Waals surface area contributed by atoms with E-state index in [1.807, 2.05) is 0 Å². The fourth-order valence-electron chi connectivity index (χ4n) is 5.81. The van der Waals surface area contributed by atoms with Crippen molar-refractivity contribution in [3.8, 4) is 0 Å². The number of rotatable bonds is 38. The van der Waals surface area contributed by atoms with Gasteiger partial charge in [-0.15, -0.1) is 0 Å². The third-order valence-corrected chi connectivity index (χ3v) is 10.3. The molecule has 0 aromatic rings. The van der Waals surface area contributed by atoms with E-state index in [-0.39, 0.29) is 32.6 Å². The third kappa shape index (κ3) is 36.3. The van der Waals surface area contributed by atoms with Crippen LogP contribution in [0.15, 0.2) is 24.3 Å². The van der Waals surface area contributed by atoms with Crippen molar-refractivity contribution in [1.29, 1.82) is 0 Å². The summed E-state index contributed by atoms with van der Waals surface area (Å²) in [5.74, 6) is -0.851. The van der Waals surface area contributed by atoms with Crippen LogP contribution in [0.1, 0.15) is 194 Å². The van der Waals surface area contributed by atoms with E-state index in [4.69, 9.17) is 19.7 Å². The molecule has 0 bridgehead atoms. The first-order valence-electron chi connectivity index (χ1n) is 20.7. The zero-order chi connectivity index (χ0) is 36.8. The Balaban J connectivity index is 4.16. The van der Waals surface area contributed by atoms with Gasteiger partial charge in [0.1, 0.15) is 12.7 Å². The Morgan fingerprint density at radius 3 is 1.40 bits per heavy atom. The molecule has 50 heavy (non-hydrogen) atoms. The van der Waals surface area contributed by atoms with Crippen molar-refractivity contribution < 1.29 is 33.0 Å². The molecule has 9 heteroatoms. The van der Waals surface area contributed by atoms with Gasteiger partial charge in [0.25, 0.3) is 0 Å². The van der Waals surface area contributed by atoms with Crippen molar-refractivity contribution in [3.63, 3.8) is 0 Å². The maximum Gasteiger partial charge on any atom is 0.332 e. The van der Waals surface area contributed by atoms with Gasteiger partial charge in [0.05, 0.1) is 12.8 Å². The summed E-state index contributed by atoms with van der Waals surface area (Å²) < 4.78 is 28.3. The van der Waals surface area contributed by atoms with Gasteiger partial charge in [-0.2, -0.15) is 0 Å². The summed E-state index contributed by atoms with van der Waals surface area (Å²) in [6.45, 7) is 4.24. The van der Waals surface area contributed by atoms with E-state index >= 15 is 0 Å². The van der Waals surface area contributed by atoms with E-state index in [2.05, 4.69) is 38.2 Å². The summed E-state index contributed by atoms with van der Waals surface area (Å²) >= 11 is 0. The fraction of sp³-hybridized carbons (Fsp3) is 0.854. The van der Waals surface area contributed by atoms with Crippen molar-refractivity contribution in [1.82, 2.24) is 0 Å². The first-order valence-corrected chi connectivity index (χ1v) is 22.4. The molecule has 0 saturated carbocycles. The van der Waals surface area contributed by atoms with Gasteiger partial charge in [0.15, 0.2) is 0 Å². The van der Waals surface area contributed by atoms with Crippen LogP contribution in [0.2, 0.25) is 0 Å². The standard InChI is InChI=1S/C41H78NO7P/c1-3-5-7-9-11-13-15-17-19-21-23-25-27-29-31-33-40(43)47-37-39(38-50(45,46)48-36-35-42)49-41(44)34-32-30-28-26-24-22-20-18-16-14-12-10-8-6-4-2/h17-20,39H,3-16,21-38,42H2,1-2H3,(H,45,46)/b19-17-,20-18-. The number of hydrogen-bond acceptors (Lipinski definition) is 7. The van der Waals surface area contributed by atoms with Crippen LogP contribution in [-0.2, 0) is 28.2 Å². The Morgan fingerprint density at radius 2 is 0.980 bits per heavy atom. The molecule has 0 radical (unpaired) electrons. The second-order valence-electron chi connectivity index (χ2n) is 13.9. The smallest absolute Gasteiger partial charge is 0.332 e. The topological polar surface area (TPSA) is 125 Å². The Bertz CT molecular complexity index is 879. The zero-order valence-electron chi connectivity index (χ0n) is 32.4. The zero-order valence-corrected chi connectivity index (χ0v) is 33.3. The molecule has 2 unspecified atom stereocenters. The van der Waals surface area contributed by atoms with Gasteiger partial charge >= 0.3 is 19.5 Å². The molecule has 0 aromatic heterocycles. The first kappa shape index (κ1) is 48.5. The summed E-state index contributed by atoms with van der Waals surface area (Å²) in [6.07, 6.45) is 38.8. The molecule has 8 nitrogen and oxygen atoms in total. The number of ether oxygens (including phenoxy) is 2. The Kier molecular flexibility index (Phi) is 36.2. The molecule has 0 rings (SSSR count). The molecule has 0 aliphatic carbocycles. The van der Waals surface area contributed by atoms with E-state index in [0.29, 0.717) is 6.42 Å². The molecular formula is C41H78NO7P. The second-order valence-corrected chi connectivity index (χ2v) is 15.8.